The number of rotatable bonds is 7. The molecule has 21 heavy (non-hydrogen) atoms. The molecule has 0 saturated carbocycles. The third-order valence-electron chi connectivity index (χ3n) is 4.13. The Kier molecular flexibility index (Phi) is 5.80. The zero-order valence-electron chi connectivity index (χ0n) is 13.5. The van der Waals surface area contributed by atoms with Crippen LogP contribution in [0.25, 0.3) is 0 Å². The summed E-state index contributed by atoms with van der Waals surface area (Å²) in [5.41, 5.74) is 1.19. The maximum absolute atomic E-state index is 12.6. The lowest BCUT2D eigenvalue weighted by atomic mass is 10.1. The average Bonchev–Trinajstić information content (AvgIpc) is 2.78. The lowest BCUT2D eigenvalue weighted by Crippen LogP contribution is -2.32. The summed E-state index contributed by atoms with van der Waals surface area (Å²) in [6, 6.07) is 10.3. The highest BCUT2D eigenvalue weighted by Crippen LogP contribution is 2.27. The fourth-order valence-corrected chi connectivity index (χ4v) is 3.00. The molecule has 0 spiro atoms. The molecule has 1 N–H and O–H groups in total. The van der Waals surface area contributed by atoms with Crippen LogP contribution in [0.1, 0.15) is 58.2 Å². The third-order valence-corrected chi connectivity index (χ3v) is 4.13. The molecule has 1 aromatic rings. The van der Waals surface area contributed by atoms with Gasteiger partial charge in [-0.2, -0.15) is 0 Å². The summed E-state index contributed by atoms with van der Waals surface area (Å²) in [5, 5.41) is 3.52. The first-order valence-corrected chi connectivity index (χ1v) is 8.25. The van der Waals surface area contributed by atoms with E-state index in [0.717, 1.165) is 25.8 Å². The molecular formula is C18H28N2O. The Hall–Kier alpha value is -1.35. The summed E-state index contributed by atoms with van der Waals surface area (Å²) in [7, 11) is 0. The summed E-state index contributed by atoms with van der Waals surface area (Å²) in [6.45, 7) is 7.45. The van der Waals surface area contributed by atoms with E-state index in [1.54, 1.807) is 0 Å². The van der Waals surface area contributed by atoms with E-state index in [4.69, 9.17) is 0 Å². The fourth-order valence-electron chi connectivity index (χ4n) is 3.00. The van der Waals surface area contributed by atoms with Gasteiger partial charge >= 0.3 is 0 Å². The van der Waals surface area contributed by atoms with Crippen LogP contribution in [0.3, 0.4) is 0 Å². The number of hydrogen-bond acceptors (Lipinski definition) is 2. The molecule has 1 amide bonds. The molecule has 1 heterocycles. The molecule has 0 radical (unpaired) electrons. The van der Waals surface area contributed by atoms with Crippen molar-refractivity contribution in [3.63, 3.8) is 0 Å². The zero-order chi connectivity index (χ0) is 15.2. The number of nitrogens with one attached hydrogen (secondary N) is 1. The predicted octanol–water partition coefficient (Wildman–Crippen LogP) is 3.72. The Bertz CT molecular complexity index is 444. The lowest BCUT2D eigenvalue weighted by molar-refractivity contribution is -0.130. The van der Waals surface area contributed by atoms with E-state index in [0.29, 0.717) is 5.92 Å². The van der Waals surface area contributed by atoms with Gasteiger partial charge in [0.2, 0.25) is 5.91 Å². The Morgan fingerprint density at radius 2 is 1.95 bits per heavy atom. The Morgan fingerprint density at radius 1 is 1.24 bits per heavy atom. The smallest absolute Gasteiger partial charge is 0.241 e. The number of hydrogen-bond donors (Lipinski definition) is 1. The second-order valence-corrected chi connectivity index (χ2v) is 6.39. The molecule has 1 aliphatic rings. The third kappa shape index (κ3) is 4.07. The van der Waals surface area contributed by atoms with Crippen molar-refractivity contribution in [3.8, 4) is 0 Å². The first kappa shape index (κ1) is 16.0. The van der Waals surface area contributed by atoms with Crippen LogP contribution in [0.15, 0.2) is 30.3 Å². The van der Waals surface area contributed by atoms with Gasteiger partial charge in [0.25, 0.3) is 0 Å². The van der Waals surface area contributed by atoms with Crippen molar-refractivity contribution in [2.24, 2.45) is 5.92 Å². The van der Waals surface area contributed by atoms with Gasteiger partial charge in [0.1, 0.15) is 6.17 Å². The SMILES string of the molecule is CCCC1NC(c2ccccc2)N(CCCC(C)C)C1=O. The number of benzene rings is 1. The van der Waals surface area contributed by atoms with Gasteiger partial charge in [-0.05, 0) is 30.7 Å². The van der Waals surface area contributed by atoms with Crippen molar-refractivity contribution in [2.45, 2.75) is 58.7 Å². The predicted molar refractivity (Wildman–Crippen MR) is 86.8 cm³/mol. The fraction of sp³-hybridized carbons (Fsp3) is 0.611. The normalized spacial score (nSPS) is 22.3. The summed E-state index contributed by atoms with van der Waals surface area (Å²) >= 11 is 0. The number of carbonyl (C=O) groups excluding carboxylic acids is 1. The van der Waals surface area contributed by atoms with E-state index in [-0.39, 0.29) is 18.1 Å². The molecule has 3 nitrogen and oxygen atoms in total. The molecule has 0 aliphatic carbocycles. The van der Waals surface area contributed by atoms with E-state index in [9.17, 15) is 4.79 Å². The highest BCUT2D eigenvalue weighted by atomic mass is 16.2. The first-order valence-electron chi connectivity index (χ1n) is 8.25. The molecule has 3 heteroatoms. The van der Waals surface area contributed by atoms with Crippen molar-refractivity contribution in [1.82, 2.24) is 10.2 Å². The van der Waals surface area contributed by atoms with E-state index in [1.165, 1.54) is 12.0 Å². The van der Waals surface area contributed by atoms with Crippen LogP contribution < -0.4 is 5.32 Å². The number of amides is 1. The second-order valence-electron chi connectivity index (χ2n) is 6.39. The lowest BCUT2D eigenvalue weighted by Gasteiger charge is -2.25. The van der Waals surface area contributed by atoms with Gasteiger partial charge in [-0.25, -0.2) is 0 Å². The molecule has 2 atom stereocenters. The molecular weight excluding hydrogens is 260 g/mol. The second kappa shape index (κ2) is 7.60. The van der Waals surface area contributed by atoms with Crippen LogP contribution in [0, 0.1) is 5.92 Å². The first-order chi connectivity index (χ1) is 10.1. The molecule has 1 aromatic carbocycles. The van der Waals surface area contributed by atoms with Gasteiger partial charge in [-0.15, -0.1) is 0 Å². The standard InChI is InChI=1S/C18H28N2O/c1-4-9-16-18(21)20(13-8-10-14(2)3)17(19-16)15-11-6-5-7-12-15/h5-7,11-12,14,16-17,19H,4,8-10,13H2,1-3H3. The van der Waals surface area contributed by atoms with Gasteiger partial charge in [0.05, 0.1) is 6.04 Å². The van der Waals surface area contributed by atoms with Gasteiger partial charge in [-0.1, -0.05) is 57.5 Å². The van der Waals surface area contributed by atoms with Gasteiger partial charge < -0.3 is 4.90 Å². The number of carbonyl (C=O) groups is 1. The highest BCUT2D eigenvalue weighted by molar-refractivity contribution is 5.84. The van der Waals surface area contributed by atoms with Crippen LogP contribution >= 0.6 is 0 Å². The van der Waals surface area contributed by atoms with Gasteiger partial charge in [-0.3, -0.25) is 10.1 Å². The summed E-state index contributed by atoms with van der Waals surface area (Å²) in [4.78, 5) is 14.7. The molecule has 0 aromatic heterocycles. The van der Waals surface area contributed by atoms with E-state index in [2.05, 4.69) is 38.2 Å². The van der Waals surface area contributed by atoms with Crippen LogP contribution in [-0.2, 0) is 4.79 Å². The van der Waals surface area contributed by atoms with Crippen LogP contribution in [0.5, 0.6) is 0 Å². The maximum Gasteiger partial charge on any atom is 0.241 e. The van der Waals surface area contributed by atoms with E-state index in [1.807, 2.05) is 23.1 Å². The topological polar surface area (TPSA) is 32.3 Å². The van der Waals surface area contributed by atoms with E-state index >= 15 is 0 Å². The minimum atomic E-state index is -0.0146. The minimum Gasteiger partial charge on any atom is -0.322 e. The molecule has 2 rings (SSSR count). The molecule has 0 bridgehead atoms. The summed E-state index contributed by atoms with van der Waals surface area (Å²) < 4.78 is 0. The largest absolute Gasteiger partial charge is 0.322 e. The van der Waals surface area contributed by atoms with Crippen LogP contribution in [0.4, 0.5) is 0 Å². The van der Waals surface area contributed by atoms with Crippen molar-refractivity contribution in [3.05, 3.63) is 35.9 Å². The summed E-state index contributed by atoms with van der Waals surface area (Å²) in [6.07, 6.45) is 4.24. The Labute approximate surface area is 128 Å². The quantitative estimate of drug-likeness (QED) is 0.829. The average molecular weight is 288 g/mol. The van der Waals surface area contributed by atoms with Crippen molar-refractivity contribution < 1.29 is 4.79 Å². The minimum absolute atomic E-state index is 0.0146. The Balaban J connectivity index is 2.09. The monoisotopic (exact) mass is 288 g/mol. The number of nitrogens with zero attached hydrogens (tertiary/aromatic N) is 1. The summed E-state index contributed by atoms with van der Waals surface area (Å²) in [5.74, 6) is 0.965. The van der Waals surface area contributed by atoms with Crippen LogP contribution in [0.2, 0.25) is 0 Å². The molecule has 1 fully saturated rings. The van der Waals surface area contributed by atoms with Crippen molar-refractivity contribution in [2.75, 3.05) is 6.54 Å². The van der Waals surface area contributed by atoms with Gasteiger partial charge in [0.15, 0.2) is 0 Å². The Morgan fingerprint density at radius 3 is 2.57 bits per heavy atom. The van der Waals surface area contributed by atoms with Gasteiger partial charge in [0, 0.05) is 6.54 Å². The molecule has 116 valence electrons. The van der Waals surface area contributed by atoms with Crippen molar-refractivity contribution >= 4 is 5.91 Å². The van der Waals surface area contributed by atoms with Crippen molar-refractivity contribution in [1.29, 1.82) is 0 Å². The molecule has 1 saturated heterocycles. The molecule has 2 unspecified atom stereocenters. The van der Waals surface area contributed by atoms with E-state index < -0.39 is 0 Å². The van der Waals surface area contributed by atoms with Crippen LogP contribution in [-0.4, -0.2) is 23.4 Å². The highest BCUT2D eigenvalue weighted by Gasteiger charge is 2.38. The maximum atomic E-state index is 12.6. The molecule has 1 aliphatic heterocycles. The zero-order valence-corrected chi connectivity index (χ0v) is 13.5.